The number of hydrogen-bond donors (Lipinski definition) is 2. The fraction of sp³-hybridized carbons (Fsp3) is 0.650. The lowest BCUT2D eigenvalue weighted by atomic mass is 9.67. The molecular weight excluding hydrogens is 336 g/mol. The molecule has 1 aromatic carbocycles. The van der Waals surface area contributed by atoms with Crippen LogP contribution in [0.1, 0.15) is 49.7 Å². The first-order valence-corrected chi connectivity index (χ1v) is 9.28. The van der Waals surface area contributed by atoms with Gasteiger partial charge in [-0.25, -0.2) is 0 Å². The molecule has 2 unspecified atom stereocenters. The quantitative estimate of drug-likeness (QED) is 0.838. The molecule has 3 N–H and O–H groups in total. The van der Waals surface area contributed by atoms with Crippen molar-refractivity contribution in [3.63, 3.8) is 0 Å². The number of carbonyl (C=O) groups is 1. The Balaban J connectivity index is 0.00000225. The van der Waals surface area contributed by atoms with Gasteiger partial charge in [-0.05, 0) is 68.6 Å². The third-order valence-corrected chi connectivity index (χ3v) is 5.85. The first kappa shape index (κ1) is 20.1. The molecule has 2 saturated carbocycles. The first-order chi connectivity index (χ1) is 11.5. The average molecular weight is 367 g/mol. The van der Waals surface area contributed by atoms with Crippen LogP contribution in [0.15, 0.2) is 18.2 Å². The summed E-state index contributed by atoms with van der Waals surface area (Å²) in [6.45, 7) is 4.55. The van der Waals surface area contributed by atoms with Crippen LogP contribution >= 0.6 is 12.4 Å². The van der Waals surface area contributed by atoms with E-state index in [-0.39, 0.29) is 18.3 Å². The van der Waals surface area contributed by atoms with Crippen molar-refractivity contribution in [3.8, 4) is 5.75 Å². The van der Waals surface area contributed by atoms with Crippen LogP contribution in [0.3, 0.4) is 0 Å². The van der Waals surface area contributed by atoms with Gasteiger partial charge in [-0.2, -0.15) is 0 Å². The van der Waals surface area contributed by atoms with Crippen molar-refractivity contribution in [1.82, 2.24) is 5.32 Å². The largest absolute Gasteiger partial charge is 0.493 e. The van der Waals surface area contributed by atoms with Gasteiger partial charge in [0.2, 0.25) is 5.91 Å². The maximum Gasteiger partial charge on any atom is 0.223 e. The van der Waals surface area contributed by atoms with Crippen LogP contribution in [0.4, 0.5) is 0 Å². The van der Waals surface area contributed by atoms with E-state index in [9.17, 15) is 4.79 Å². The van der Waals surface area contributed by atoms with Crippen molar-refractivity contribution >= 4 is 18.3 Å². The molecule has 5 heteroatoms. The molecule has 2 atom stereocenters. The molecule has 140 valence electrons. The molecule has 0 heterocycles. The second-order valence-corrected chi connectivity index (χ2v) is 7.57. The molecule has 2 aliphatic carbocycles. The summed E-state index contributed by atoms with van der Waals surface area (Å²) in [5, 5.41) is 3.28. The number of nitrogens with two attached hydrogens (primary N) is 1. The van der Waals surface area contributed by atoms with E-state index in [1.807, 2.05) is 12.1 Å². The number of hydrogen-bond acceptors (Lipinski definition) is 3. The molecule has 1 aromatic rings. The van der Waals surface area contributed by atoms with E-state index in [2.05, 4.69) is 25.2 Å². The lowest BCUT2D eigenvalue weighted by Crippen LogP contribution is -2.53. The molecule has 0 radical (unpaired) electrons. The normalized spacial score (nSPS) is 28.0. The Morgan fingerprint density at radius 3 is 2.60 bits per heavy atom. The number of amides is 1. The highest BCUT2D eigenvalue weighted by Gasteiger charge is 2.39. The van der Waals surface area contributed by atoms with Gasteiger partial charge >= 0.3 is 0 Å². The van der Waals surface area contributed by atoms with E-state index in [0.717, 1.165) is 24.2 Å². The minimum Gasteiger partial charge on any atom is -0.493 e. The van der Waals surface area contributed by atoms with Crippen molar-refractivity contribution in [2.45, 2.75) is 64.5 Å². The van der Waals surface area contributed by atoms with Gasteiger partial charge in [0.05, 0.1) is 13.0 Å². The Bertz CT molecular complexity index is 579. The molecule has 0 saturated heterocycles. The van der Waals surface area contributed by atoms with Gasteiger partial charge in [0, 0.05) is 12.1 Å². The molecule has 3 rings (SSSR count). The van der Waals surface area contributed by atoms with Gasteiger partial charge < -0.3 is 15.8 Å². The monoisotopic (exact) mass is 366 g/mol. The molecule has 1 amide bonds. The number of aryl methyl sites for hydroxylation is 1. The number of rotatable bonds is 5. The van der Waals surface area contributed by atoms with Crippen LogP contribution in [0, 0.1) is 25.7 Å². The van der Waals surface area contributed by atoms with Gasteiger partial charge in [0.25, 0.3) is 0 Å². The molecule has 2 bridgehead atoms. The Labute approximate surface area is 157 Å². The summed E-state index contributed by atoms with van der Waals surface area (Å²) < 4.78 is 5.81. The summed E-state index contributed by atoms with van der Waals surface area (Å²) in [6, 6.07) is 6.67. The summed E-state index contributed by atoms with van der Waals surface area (Å²) in [6.07, 6.45) is 6.21. The maximum atomic E-state index is 12.3. The van der Waals surface area contributed by atoms with Gasteiger partial charge in [0.15, 0.2) is 0 Å². The number of ether oxygens (including phenoxy) is 1. The van der Waals surface area contributed by atoms with Gasteiger partial charge in [-0.15, -0.1) is 12.4 Å². The highest BCUT2D eigenvalue weighted by atomic mass is 35.5. The number of benzene rings is 1. The molecule has 0 spiro atoms. The zero-order valence-electron chi connectivity index (χ0n) is 15.3. The third kappa shape index (κ3) is 4.89. The number of halogens is 1. The summed E-state index contributed by atoms with van der Waals surface area (Å²) in [4.78, 5) is 12.3. The lowest BCUT2D eigenvalue weighted by molar-refractivity contribution is -0.123. The lowest BCUT2D eigenvalue weighted by Gasteiger charge is -2.45. The van der Waals surface area contributed by atoms with Crippen molar-refractivity contribution in [1.29, 1.82) is 0 Å². The van der Waals surface area contributed by atoms with Crippen molar-refractivity contribution in [3.05, 3.63) is 29.3 Å². The molecular formula is C20H31ClN2O2. The smallest absolute Gasteiger partial charge is 0.223 e. The molecule has 2 aliphatic rings. The van der Waals surface area contributed by atoms with Crippen molar-refractivity contribution in [2.75, 3.05) is 6.61 Å². The molecule has 4 nitrogen and oxygen atoms in total. The zero-order valence-corrected chi connectivity index (χ0v) is 16.1. The number of fused-ring (bicyclic) bond motifs is 2. The van der Waals surface area contributed by atoms with Crippen LogP contribution in [-0.4, -0.2) is 24.6 Å². The van der Waals surface area contributed by atoms with Gasteiger partial charge in [-0.1, -0.05) is 18.6 Å². The third-order valence-electron chi connectivity index (χ3n) is 5.85. The predicted molar refractivity (Wildman–Crippen MR) is 103 cm³/mol. The highest BCUT2D eigenvalue weighted by molar-refractivity contribution is 5.85. The highest BCUT2D eigenvalue weighted by Crippen LogP contribution is 2.39. The van der Waals surface area contributed by atoms with E-state index in [1.165, 1.54) is 24.8 Å². The molecule has 2 fully saturated rings. The summed E-state index contributed by atoms with van der Waals surface area (Å²) in [7, 11) is 0. The number of carbonyl (C=O) groups excluding carboxylic acids is 1. The van der Waals surface area contributed by atoms with Crippen molar-refractivity contribution < 1.29 is 9.53 Å². The van der Waals surface area contributed by atoms with E-state index >= 15 is 0 Å². The number of nitrogens with one attached hydrogen (secondary N) is 1. The first-order valence-electron chi connectivity index (χ1n) is 9.28. The standard InChI is InChI=1S/C20H30N2O2.ClH/c1-13-5-3-8-18(14(13)2)24-10-9-19(23)22-20-15-6-4-7-16(20)12-17(21)11-15;/h3,5,8,15-17,20H,4,6-7,9-12,21H2,1-2H3,(H,22,23);1H. The Hall–Kier alpha value is -1.26. The van der Waals surface area contributed by atoms with E-state index < -0.39 is 0 Å². The fourth-order valence-electron chi connectivity index (χ4n) is 4.42. The average Bonchev–Trinajstić information content (AvgIpc) is 2.52. The topological polar surface area (TPSA) is 64.3 Å². The summed E-state index contributed by atoms with van der Waals surface area (Å²) in [5.41, 5.74) is 8.51. The van der Waals surface area contributed by atoms with E-state index in [0.29, 0.717) is 36.9 Å². The maximum absolute atomic E-state index is 12.3. The van der Waals surface area contributed by atoms with Crippen LogP contribution in [0.2, 0.25) is 0 Å². The Morgan fingerprint density at radius 2 is 1.92 bits per heavy atom. The Morgan fingerprint density at radius 1 is 1.24 bits per heavy atom. The van der Waals surface area contributed by atoms with Crippen molar-refractivity contribution in [2.24, 2.45) is 17.6 Å². The molecule has 25 heavy (non-hydrogen) atoms. The second-order valence-electron chi connectivity index (χ2n) is 7.57. The van der Waals surface area contributed by atoms with E-state index in [4.69, 9.17) is 10.5 Å². The van der Waals surface area contributed by atoms with Crippen LogP contribution < -0.4 is 15.8 Å². The van der Waals surface area contributed by atoms with Crippen LogP contribution in [0.5, 0.6) is 5.75 Å². The predicted octanol–water partition coefficient (Wildman–Crippen LogP) is 3.52. The SMILES string of the molecule is Cc1cccc(OCCC(=O)NC2C3CCCC2CC(N)C3)c1C.Cl. The van der Waals surface area contributed by atoms with Crippen LogP contribution in [0.25, 0.3) is 0 Å². The van der Waals surface area contributed by atoms with E-state index in [1.54, 1.807) is 0 Å². The van der Waals surface area contributed by atoms with Crippen LogP contribution in [-0.2, 0) is 4.79 Å². The minimum absolute atomic E-state index is 0. The minimum atomic E-state index is 0. The fourth-order valence-corrected chi connectivity index (χ4v) is 4.42. The van der Waals surface area contributed by atoms with Gasteiger partial charge in [-0.3, -0.25) is 4.79 Å². The second kappa shape index (κ2) is 8.91. The van der Waals surface area contributed by atoms with Gasteiger partial charge in [0.1, 0.15) is 5.75 Å². The zero-order chi connectivity index (χ0) is 17.1. The Kier molecular flexibility index (Phi) is 7.14. The summed E-state index contributed by atoms with van der Waals surface area (Å²) in [5.74, 6) is 2.12. The molecule has 0 aliphatic heterocycles. The summed E-state index contributed by atoms with van der Waals surface area (Å²) >= 11 is 0. The molecule has 0 aromatic heterocycles.